The molecule has 182 valence electrons. The molecule has 0 aliphatic rings. The first-order valence-electron chi connectivity index (χ1n) is 10.8. The Bertz CT molecular complexity index is 1170. The Balaban J connectivity index is 1.52. The number of rotatable bonds is 10. The number of carbonyl (C=O) groups excluding carboxylic acids is 3. The smallest absolute Gasteiger partial charge is 0.329 e. The van der Waals surface area contributed by atoms with E-state index in [1.807, 2.05) is 38.1 Å². The lowest BCUT2D eigenvalue weighted by Crippen LogP contribution is -2.37. The van der Waals surface area contributed by atoms with Crippen LogP contribution in [-0.2, 0) is 20.9 Å². The molecule has 0 bridgehead atoms. The fourth-order valence-corrected chi connectivity index (χ4v) is 2.85. The number of ether oxygens (including phenoxy) is 2. The molecule has 3 amide bonds. The van der Waals surface area contributed by atoms with Crippen molar-refractivity contribution in [3.05, 3.63) is 77.7 Å². The molecule has 2 aromatic carbocycles. The zero-order valence-electron chi connectivity index (χ0n) is 19.4. The summed E-state index contributed by atoms with van der Waals surface area (Å²) in [5.41, 5.74) is 4.51. The van der Waals surface area contributed by atoms with E-state index in [2.05, 4.69) is 21.2 Å². The SMILES string of the molecule is CCOc1cc(/C=N\NC(=O)C(=O)NCc2ccco2)ccc1OCC(=O)Nc1ccc(C)cc1. The number of nitrogens with one attached hydrogen (secondary N) is 3. The van der Waals surface area contributed by atoms with Crippen LogP contribution in [-0.4, -0.2) is 37.1 Å². The third-order valence-corrected chi connectivity index (χ3v) is 4.55. The minimum atomic E-state index is -0.919. The summed E-state index contributed by atoms with van der Waals surface area (Å²) < 4.78 is 16.3. The maximum Gasteiger partial charge on any atom is 0.329 e. The highest BCUT2D eigenvalue weighted by Gasteiger charge is 2.13. The summed E-state index contributed by atoms with van der Waals surface area (Å²) in [6, 6.07) is 15.7. The average Bonchev–Trinajstić information content (AvgIpc) is 3.37. The molecule has 0 atom stereocenters. The fourth-order valence-electron chi connectivity index (χ4n) is 2.85. The summed E-state index contributed by atoms with van der Waals surface area (Å²) in [4.78, 5) is 35.9. The van der Waals surface area contributed by atoms with Gasteiger partial charge in [-0.1, -0.05) is 17.7 Å². The molecule has 1 heterocycles. The summed E-state index contributed by atoms with van der Waals surface area (Å²) in [7, 11) is 0. The molecule has 3 rings (SSSR count). The van der Waals surface area contributed by atoms with Crippen LogP contribution in [0.1, 0.15) is 23.8 Å². The quantitative estimate of drug-likeness (QED) is 0.233. The molecular formula is C25H26N4O6. The number of carbonyl (C=O) groups is 3. The van der Waals surface area contributed by atoms with Crippen molar-refractivity contribution in [1.29, 1.82) is 0 Å². The van der Waals surface area contributed by atoms with Gasteiger partial charge in [0.15, 0.2) is 18.1 Å². The molecule has 0 spiro atoms. The zero-order valence-corrected chi connectivity index (χ0v) is 19.4. The Hall–Kier alpha value is -4.60. The van der Waals surface area contributed by atoms with Crippen LogP contribution < -0.4 is 25.5 Å². The van der Waals surface area contributed by atoms with Crippen LogP contribution in [0.2, 0.25) is 0 Å². The number of amides is 3. The first kappa shape index (κ1) is 25.0. The predicted octanol–water partition coefficient (Wildman–Crippen LogP) is 2.77. The van der Waals surface area contributed by atoms with E-state index in [1.165, 1.54) is 12.5 Å². The molecule has 3 aromatic rings. The maximum atomic E-state index is 12.2. The number of anilines is 1. The summed E-state index contributed by atoms with van der Waals surface area (Å²) >= 11 is 0. The number of aryl methyl sites for hydroxylation is 1. The lowest BCUT2D eigenvalue weighted by atomic mass is 10.2. The van der Waals surface area contributed by atoms with Crippen molar-refractivity contribution in [1.82, 2.24) is 10.7 Å². The van der Waals surface area contributed by atoms with Crippen molar-refractivity contribution < 1.29 is 28.3 Å². The van der Waals surface area contributed by atoms with Crippen molar-refractivity contribution in [2.24, 2.45) is 5.10 Å². The van der Waals surface area contributed by atoms with Gasteiger partial charge in [-0.2, -0.15) is 5.10 Å². The van der Waals surface area contributed by atoms with E-state index in [1.54, 1.807) is 30.3 Å². The number of hydrazone groups is 1. The number of hydrogen-bond donors (Lipinski definition) is 3. The largest absolute Gasteiger partial charge is 0.490 e. The molecule has 0 radical (unpaired) electrons. The van der Waals surface area contributed by atoms with Gasteiger partial charge in [0.2, 0.25) is 0 Å². The van der Waals surface area contributed by atoms with E-state index in [4.69, 9.17) is 13.9 Å². The molecular weight excluding hydrogens is 452 g/mol. The van der Waals surface area contributed by atoms with Gasteiger partial charge in [-0.25, -0.2) is 5.43 Å². The predicted molar refractivity (Wildman–Crippen MR) is 129 cm³/mol. The van der Waals surface area contributed by atoms with Crippen molar-refractivity contribution in [2.45, 2.75) is 20.4 Å². The molecule has 0 aliphatic heterocycles. The van der Waals surface area contributed by atoms with Crippen molar-refractivity contribution in [3.8, 4) is 11.5 Å². The molecule has 35 heavy (non-hydrogen) atoms. The van der Waals surface area contributed by atoms with Gasteiger partial charge < -0.3 is 24.5 Å². The summed E-state index contributed by atoms with van der Waals surface area (Å²) in [5.74, 6) is -0.770. The second-order valence-corrected chi connectivity index (χ2v) is 7.30. The standard InChI is InChI=1S/C25H26N4O6/c1-3-33-22-13-18(14-27-29-25(32)24(31)26-15-20-5-4-12-34-20)8-11-21(22)35-16-23(30)28-19-9-6-17(2)7-10-19/h4-14H,3,15-16H2,1-2H3,(H,26,31)(H,28,30)(H,29,32)/b27-14-. The Labute approximate surface area is 202 Å². The van der Waals surface area contributed by atoms with Crippen molar-refractivity contribution in [2.75, 3.05) is 18.5 Å². The third-order valence-electron chi connectivity index (χ3n) is 4.55. The summed E-state index contributed by atoms with van der Waals surface area (Å²) in [5, 5.41) is 8.98. The van der Waals surface area contributed by atoms with E-state index in [0.29, 0.717) is 35.1 Å². The molecule has 1 aromatic heterocycles. The highest BCUT2D eigenvalue weighted by atomic mass is 16.5. The molecule has 10 heteroatoms. The van der Waals surface area contributed by atoms with Crippen molar-refractivity contribution >= 4 is 29.6 Å². The number of nitrogens with zero attached hydrogens (tertiary/aromatic N) is 1. The molecule has 10 nitrogen and oxygen atoms in total. The number of benzene rings is 2. The van der Waals surface area contributed by atoms with Gasteiger partial charge in [0.1, 0.15) is 5.76 Å². The fraction of sp³-hybridized carbons (Fsp3) is 0.200. The van der Waals surface area contributed by atoms with Crippen molar-refractivity contribution in [3.63, 3.8) is 0 Å². The molecule has 0 saturated heterocycles. The zero-order chi connectivity index (χ0) is 25.0. The molecule has 0 aliphatic carbocycles. The van der Waals surface area contributed by atoms with Gasteiger partial charge in [-0.15, -0.1) is 0 Å². The summed E-state index contributed by atoms with van der Waals surface area (Å²) in [6.07, 6.45) is 2.83. The van der Waals surface area contributed by atoms with Crippen LogP contribution in [0.3, 0.4) is 0 Å². The van der Waals surface area contributed by atoms with E-state index >= 15 is 0 Å². The lowest BCUT2D eigenvalue weighted by molar-refractivity contribution is -0.139. The van der Waals surface area contributed by atoms with Gasteiger partial charge in [0.05, 0.1) is 25.6 Å². The highest BCUT2D eigenvalue weighted by molar-refractivity contribution is 6.35. The average molecular weight is 479 g/mol. The Kier molecular flexibility index (Phi) is 9.00. The van der Waals surface area contributed by atoms with Gasteiger partial charge in [0.25, 0.3) is 5.91 Å². The number of furan rings is 1. The molecule has 3 N–H and O–H groups in total. The van der Waals surface area contributed by atoms with Gasteiger partial charge in [-0.05, 0) is 61.9 Å². The van der Waals surface area contributed by atoms with Crippen LogP contribution in [0.15, 0.2) is 70.4 Å². The molecule has 0 saturated carbocycles. The second-order valence-electron chi connectivity index (χ2n) is 7.30. The van der Waals surface area contributed by atoms with Crippen LogP contribution >= 0.6 is 0 Å². The van der Waals surface area contributed by atoms with Crippen LogP contribution in [0, 0.1) is 6.92 Å². The van der Waals surface area contributed by atoms with Gasteiger partial charge >= 0.3 is 11.8 Å². The molecule has 0 fully saturated rings. The van der Waals surface area contributed by atoms with Gasteiger partial charge in [0, 0.05) is 5.69 Å². The van der Waals surface area contributed by atoms with Crippen LogP contribution in [0.4, 0.5) is 5.69 Å². The summed E-state index contributed by atoms with van der Waals surface area (Å²) in [6.45, 7) is 4.04. The normalized spacial score (nSPS) is 10.6. The minimum Gasteiger partial charge on any atom is -0.490 e. The number of hydrogen-bond acceptors (Lipinski definition) is 7. The Morgan fingerprint density at radius 1 is 1.00 bits per heavy atom. The lowest BCUT2D eigenvalue weighted by Gasteiger charge is -2.12. The maximum absolute atomic E-state index is 12.2. The van der Waals surface area contributed by atoms with E-state index in [0.717, 1.165) is 5.56 Å². The molecule has 0 unspecified atom stereocenters. The second kappa shape index (κ2) is 12.6. The monoisotopic (exact) mass is 478 g/mol. The third kappa shape index (κ3) is 8.04. The minimum absolute atomic E-state index is 0.0885. The first-order chi connectivity index (χ1) is 16.9. The highest BCUT2D eigenvalue weighted by Crippen LogP contribution is 2.28. The van der Waals surface area contributed by atoms with Crippen LogP contribution in [0.5, 0.6) is 11.5 Å². The van der Waals surface area contributed by atoms with Gasteiger partial charge in [-0.3, -0.25) is 14.4 Å². The van der Waals surface area contributed by atoms with Crippen LogP contribution in [0.25, 0.3) is 0 Å². The van der Waals surface area contributed by atoms with E-state index in [-0.39, 0.29) is 19.1 Å². The Morgan fingerprint density at radius 2 is 1.80 bits per heavy atom. The first-order valence-corrected chi connectivity index (χ1v) is 10.8. The van der Waals surface area contributed by atoms with E-state index < -0.39 is 11.8 Å². The van der Waals surface area contributed by atoms with E-state index in [9.17, 15) is 14.4 Å². The topological polar surface area (TPSA) is 131 Å². The Morgan fingerprint density at radius 3 is 2.51 bits per heavy atom.